The molecule has 6 heteroatoms. The summed E-state index contributed by atoms with van der Waals surface area (Å²) in [6.07, 6.45) is 6.54. The molecular formula is C18H22N2O3S. The largest absolute Gasteiger partial charge is 0.486 e. The van der Waals surface area contributed by atoms with Crippen molar-refractivity contribution in [2.45, 2.75) is 18.6 Å². The molecule has 0 unspecified atom stereocenters. The van der Waals surface area contributed by atoms with Gasteiger partial charge in [-0.05, 0) is 42.7 Å². The van der Waals surface area contributed by atoms with Gasteiger partial charge in [0, 0.05) is 12.4 Å². The minimum atomic E-state index is -0.191. The smallest absolute Gasteiger partial charge is 0.243 e. The van der Waals surface area contributed by atoms with Crippen LogP contribution in [0.25, 0.3) is 0 Å². The standard InChI is InChI=1S/C18H22N2O3S/c1-24-11-8-15(20-9-4-5-10-20)18(21)19-12-14-13-22-16-6-2-3-7-17(16)23-14/h2-7,9-10,14-15H,8,11-13H2,1H3,(H,19,21)/t14-,15+/m0/s1. The van der Waals surface area contributed by atoms with Gasteiger partial charge in [0.05, 0.1) is 6.54 Å². The summed E-state index contributed by atoms with van der Waals surface area (Å²) >= 11 is 1.75. The van der Waals surface area contributed by atoms with Gasteiger partial charge < -0.3 is 19.4 Å². The lowest BCUT2D eigenvalue weighted by molar-refractivity contribution is -0.124. The van der Waals surface area contributed by atoms with Crippen LogP contribution < -0.4 is 14.8 Å². The fourth-order valence-electron chi connectivity index (χ4n) is 2.70. The van der Waals surface area contributed by atoms with Crippen LogP contribution in [0, 0.1) is 0 Å². The lowest BCUT2D eigenvalue weighted by Crippen LogP contribution is -2.43. The number of carbonyl (C=O) groups is 1. The predicted molar refractivity (Wildman–Crippen MR) is 95.8 cm³/mol. The maximum Gasteiger partial charge on any atom is 0.243 e. The summed E-state index contributed by atoms with van der Waals surface area (Å²) in [6.45, 7) is 0.875. The van der Waals surface area contributed by atoms with E-state index in [0.717, 1.165) is 23.7 Å². The first kappa shape index (κ1) is 16.8. The molecule has 128 valence electrons. The number of nitrogens with one attached hydrogen (secondary N) is 1. The topological polar surface area (TPSA) is 52.5 Å². The van der Waals surface area contributed by atoms with E-state index < -0.39 is 0 Å². The van der Waals surface area contributed by atoms with Crippen LogP contribution in [0.3, 0.4) is 0 Å². The van der Waals surface area contributed by atoms with Gasteiger partial charge in [-0.3, -0.25) is 4.79 Å². The molecular weight excluding hydrogens is 324 g/mol. The third kappa shape index (κ3) is 4.06. The summed E-state index contributed by atoms with van der Waals surface area (Å²) < 4.78 is 13.5. The van der Waals surface area contributed by atoms with E-state index in [4.69, 9.17) is 9.47 Å². The summed E-state index contributed by atoms with van der Waals surface area (Å²) in [7, 11) is 0. The van der Waals surface area contributed by atoms with Gasteiger partial charge in [0.15, 0.2) is 11.5 Å². The molecule has 1 aliphatic rings. The Labute approximate surface area is 146 Å². The van der Waals surface area contributed by atoms with Gasteiger partial charge in [-0.1, -0.05) is 12.1 Å². The molecule has 1 aliphatic heterocycles. The van der Waals surface area contributed by atoms with Crippen LogP contribution in [0.2, 0.25) is 0 Å². The van der Waals surface area contributed by atoms with Gasteiger partial charge in [-0.25, -0.2) is 0 Å². The zero-order valence-corrected chi connectivity index (χ0v) is 14.5. The van der Waals surface area contributed by atoms with Crippen LogP contribution in [0.15, 0.2) is 48.8 Å². The maximum atomic E-state index is 12.6. The molecule has 2 heterocycles. The summed E-state index contributed by atoms with van der Waals surface area (Å²) in [4.78, 5) is 12.6. The third-order valence-corrected chi connectivity index (χ3v) is 4.60. The van der Waals surface area contributed by atoms with E-state index in [-0.39, 0.29) is 18.1 Å². The maximum absolute atomic E-state index is 12.6. The number of para-hydroxylation sites is 2. The highest BCUT2D eigenvalue weighted by atomic mass is 32.2. The van der Waals surface area contributed by atoms with E-state index in [9.17, 15) is 4.79 Å². The Kier molecular flexibility index (Phi) is 5.69. The molecule has 0 bridgehead atoms. The van der Waals surface area contributed by atoms with Gasteiger partial charge >= 0.3 is 0 Å². The molecule has 0 saturated heterocycles. The average Bonchev–Trinajstić information content (AvgIpc) is 3.14. The van der Waals surface area contributed by atoms with Crippen molar-refractivity contribution in [1.29, 1.82) is 0 Å². The van der Waals surface area contributed by atoms with Gasteiger partial charge in [0.2, 0.25) is 5.91 Å². The quantitative estimate of drug-likeness (QED) is 0.838. The van der Waals surface area contributed by atoms with Crippen molar-refractivity contribution in [3.63, 3.8) is 0 Å². The number of thioether (sulfide) groups is 1. The molecule has 1 aromatic heterocycles. The van der Waals surface area contributed by atoms with Gasteiger partial charge in [0.1, 0.15) is 18.8 Å². The molecule has 0 aliphatic carbocycles. The summed E-state index contributed by atoms with van der Waals surface area (Å²) in [5.41, 5.74) is 0. The van der Waals surface area contributed by atoms with Crippen LogP contribution in [0.4, 0.5) is 0 Å². The second kappa shape index (κ2) is 8.15. The van der Waals surface area contributed by atoms with Crippen molar-refractivity contribution in [2.75, 3.05) is 25.2 Å². The molecule has 3 rings (SSSR count). The van der Waals surface area contributed by atoms with Gasteiger partial charge in [-0.2, -0.15) is 11.8 Å². The molecule has 0 saturated carbocycles. The number of rotatable bonds is 7. The number of amides is 1. The van der Waals surface area contributed by atoms with E-state index in [2.05, 4.69) is 11.6 Å². The van der Waals surface area contributed by atoms with Gasteiger partial charge in [0.25, 0.3) is 0 Å². The zero-order valence-electron chi connectivity index (χ0n) is 13.7. The molecule has 24 heavy (non-hydrogen) atoms. The minimum absolute atomic E-state index is 0.0164. The number of hydrogen-bond donors (Lipinski definition) is 1. The van der Waals surface area contributed by atoms with Crippen LogP contribution in [0.5, 0.6) is 11.5 Å². The number of hydrogen-bond acceptors (Lipinski definition) is 4. The van der Waals surface area contributed by atoms with Crippen LogP contribution >= 0.6 is 11.8 Å². The van der Waals surface area contributed by atoms with Crippen molar-refractivity contribution < 1.29 is 14.3 Å². The van der Waals surface area contributed by atoms with Crippen LogP contribution in [-0.2, 0) is 4.79 Å². The third-order valence-electron chi connectivity index (χ3n) is 3.96. The van der Waals surface area contributed by atoms with Crippen molar-refractivity contribution in [2.24, 2.45) is 0 Å². The van der Waals surface area contributed by atoms with E-state index in [0.29, 0.717) is 13.2 Å². The number of ether oxygens (including phenoxy) is 2. The Balaban J connectivity index is 1.56. The fraction of sp³-hybridized carbons (Fsp3) is 0.389. The van der Waals surface area contributed by atoms with Crippen molar-refractivity contribution in [3.8, 4) is 11.5 Å². The zero-order chi connectivity index (χ0) is 16.8. The Hall–Kier alpha value is -2.08. The molecule has 0 spiro atoms. The van der Waals surface area contributed by atoms with Gasteiger partial charge in [-0.15, -0.1) is 0 Å². The van der Waals surface area contributed by atoms with E-state index >= 15 is 0 Å². The monoisotopic (exact) mass is 346 g/mol. The normalized spacial score (nSPS) is 17.3. The Morgan fingerprint density at radius 3 is 2.79 bits per heavy atom. The van der Waals surface area contributed by atoms with Crippen molar-refractivity contribution >= 4 is 17.7 Å². The first-order chi connectivity index (χ1) is 11.8. The molecule has 5 nitrogen and oxygen atoms in total. The Bertz CT molecular complexity index is 660. The Morgan fingerprint density at radius 1 is 1.29 bits per heavy atom. The molecule has 0 fully saturated rings. The highest BCUT2D eigenvalue weighted by Gasteiger charge is 2.24. The predicted octanol–water partition coefficient (Wildman–Crippen LogP) is 2.74. The number of fused-ring (bicyclic) bond motifs is 1. The summed E-state index contributed by atoms with van der Waals surface area (Å²) in [5, 5.41) is 3.01. The molecule has 1 amide bonds. The molecule has 2 atom stereocenters. The van der Waals surface area contributed by atoms with E-state index in [1.807, 2.05) is 53.4 Å². The summed E-state index contributed by atoms with van der Waals surface area (Å²) in [5.74, 6) is 2.44. The molecule has 0 radical (unpaired) electrons. The second-order valence-corrected chi connectivity index (χ2v) is 6.66. The molecule has 1 aromatic carbocycles. The first-order valence-corrected chi connectivity index (χ1v) is 9.45. The lowest BCUT2D eigenvalue weighted by atomic mass is 10.2. The SMILES string of the molecule is CSCC[C@H](C(=O)NC[C@H]1COc2ccccc2O1)n1cccc1. The number of benzene rings is 1. The second-order valence-electron chi connectivity index (χ2n) is 5.67. The minimum Gasteiger partial charge on any atom is -0.486 e. The van der Waals surface area contributed by atoms with E-state index in [1.54, 1.807) is 11.8 Å². The van der Waals surface area contributed by atoms with Crippen LogP contribution in [-0.4, -0.2) is 41.7 Å². The van der Waals surface area contributed by atoms with E-state index in [1.165, 1.54) is 0 Å². The van der Waals surface area contributed by atoms with Crippen LogP contribution in [0.1, 0.15) is 12.5 Å². The highest BCUT2D eigenvalue weighted by Crippen LogP contribution is 2.30. The number of aromatic nitrogens is 1. The fourth-order valence-corrected chi connectivity index (χ4v) is 3.16. The van der Waals surface area contributed by atoms with Crippen molar-refractivity contribution in [3.05, 3.63) is 48.8 Å². The summed E-state index contributed by atoms with van der Waals surface area (Å²) in [6, 6.07) is 11.3. The first-order valence-electron chi connectivity index (χ1n) is 8.05. The Morgan fingerprint density at radius 2 is 2.04 bits per heavy atom. The van der Waals surface area contributed by atoms with Crippen molar-refractivity contribution in [1.82, 2.24) is 9.88 Å². The molecule has 1 N–H and O–H groups in total. The number of nitrogens with zero attached hydrogens (tertiary/aromatic N) is 1. The molecule has 2 aromatic rings. The number of carbonyl (C=O) groups excluding carboxylic acids is 1. The highest BCUT2D eigenvalue weighted by molar-refractivity contribution is 7.98. The lowest BCUT2D eigenvalue weighted by Gasteiger charge is -2.27. The average molecular weight is 346 g/mol.